The van der Waals surface area contributed by atoms with Crippen molar-refractivity contribution in [3.8, 4) is 0 Å². The van der Waals surface area contributed by atoms with E-state index in [0.29, 0.717) is 0 Å². The third-order valence-electron chi connectivity index (χ3n) is 6.65. The summed E-state index contributed by atoms with van der Waals surface area (Å²) in [4.78, 5) is 2.53. The fourth-order valence-corrected chi connectivity index (χ4v) is 9.36. The summed E-state index contributed by atoms with van der Waals surface area (Å²) in [6, 6.07) is 42.8. The lowest BCUT2D eigenvalue weighted by atomic mass is 10.1. The lowest BCUT2D eigenvalue weighted by Gasteiger charge is -2.30. The van der Waals surface area contributed by atoms with Gasteiger partial charge in [-0.15, -0.1) is 0 Å². The second kappa shape index (κ2) is 11.4. The Kier molecular flexibility index (Phi) is 8.10. The molecule has 4 aromatic rings. The zero-order chi connectivity index (χ0) is 22.9. The number of benzene rings is 4. The predicted molar refractivity (Wildman–Crippen MR) is 147 cm³/mol. The number of nitrogens with zero attached hydrogens (tertiary/aromatic N) is 1. The van der Waals surface area contributed by atoms with Gasteiger partial charge in [0.2, 0.25) is 0 Å². The van der Waals surface area contributed by atoms with E-state index in [0.717, 1.165) is 32.2 Å². The van der Waals surface area contributed by atoms with Gasteiger partial charge in [-0.3, -0.25) is 0 Å². The zero-order valence-electron chi connectivity index (χ0n) is 19.9. The third kappa shape index (κ3) is 5.27. The van der Waals surface area contributed by atoms with Crippen molar-refractivity contribution in [3.05, 3.63) is 126 Å². The summed E-state index contributed by atoms with van der Waals surface area (Å²) >= 11 is 0. The molecule has 0 saturated carbocycles. The Morgan fingerprint density at radius 2 is 1.06 bits per heavy atom. The van der Waals surface area contributed by atoms with Crippen molar-refractivity contribution in [2.45, 2.75) is 26.4 Å². The largest absolute Gasteiger partial charge is 0.304 e. The highest BCUT2D eigenvalue weighted by molar-refractivity contribution is 7.95. The first-order chi connectivity index (χ1) is 16.3. The molecule has 0 saturated heterocycles. The molecule has 0 aliphatic heterocycles. The van der Waals surface area contributed by atoms with Crippen LogP contribution in [0, 0.1) is 0 Å². The van der Waals surface area contributed by atoms with Crippen LogP contribution in [0.4, 0.5) is 0 Å². The summed E-state index contributed by atoms with van der Waals surface area (Å²) in [6.07, 6.45) is 2.11. The minimum atomic E-state index is -1.91. The first-order valence-electron chi connectivity index (χ1n) is 12.1. The van der Waals surface area contributed by atoms with Gasteiger partial charge in [-0.2, -0.15) is 0 Å². The molecule has 4 aromatic carbocycles. The monoisotopic (exact) mass is 452 g/mol. The number of rotatable bonds is 10. The minimum absolute atomic E-state index is 1.03. The quantitative estimate of drug-likeness (QED) is 0.264. The summed E-state index contributed by atoms with van der Waals surface area (Å²) in [5, 5.41) is 4.43. The van der Waals surface area contributed by atoms with Crippen molar-refractivity contribution >= 4 is 23.2 Å². The molecule has 0 fully saturated rings. The lowest BCUT2D eigenvalue weighted by molar-refractivity contribution is 0.308. The van der Waals surface area contributed by atoms with Crippen LogP contribution in [0.3, 0.4) is 0 Å². The summed E-state index contributed by atoms with van der Waals surface area (Å²) in [5.41, 5.74) is 2.89. The van der Waals surface area contributed by atoms with Gasteiger partial charge >= 0.3 is 0 Å². The van der Waals surface area contributed by atoms with Gasteiger partial charge in [0.05, 0.1) is 6.16 Å². The van der Waals surface area contributed by atoms with Crippen LogP contribution in [-0.4, -0.2) is 24.5 Å². The van der Waals surface area contributed by atoms with Gasteiger partial charge in [0.1, 0.15) is 23.2 Å². The summed E-state index contributed by atoms with van der Waals surface area (Å²) in [7, 11) is -1.91. The molecule has 0 heterocycles. The van der Waals surface area contributed by atoms with E-state index in [1.165, 1.54) is 27.0 Å². The molecule has 4 rings (SSSR count). The third-order valence-corrected chi connectivity index (χ3v) is 11.1. The maximum absolute atomic E-state index is 2.53. The van der Waals surface area contributed by atoms with Crippen LogP contribution in [0.2, 0.25) is 0 Å². The highest BCUT2D eigenvalue weighted by atomic mass is 31.2. The molecule has 33 heavy (non-hydrogen) atoms. The molecule has 0 N–H and O–H groups in total. The first-order valence-corrected chi connectivity index (χ1v) is 14.1. The van der Waals surface area contributed by atoms with Crippen LogP contribution >= 0.6 is 7.26 Å². The lowest BCUT2D eigenvalue weighted by Crippen LogP contribution is -2.35. The Labute approximate surface area is 200 Å². The van der Waals surface area contributed by atoms with Crippen molar-refractivity contribution in [1.82, 2.24) is 4.90 Å². The van der Waals surface area contributed by atoms with Gasteiger partial charge in [-0.25, -0.2) is 0 Å². The molecule has 0 aliphatic rings. The molecule has 0 atom stereocenters. The van der Waals surface area contributed by atoms with E-state index >= 15 is 0 Å². The van der Waals surface area contributed by atoms with E-state index in [1.807, 2.05) is 0 Å². The van der Waals surface area contributed by atoms with Crippen LogP contribution in [0.25, 0.3) is 0 Å². The topological polar surface area (TPSA) is 3.24 Å². The molecule has 168 valence electrons. The van der Waals surface area contributed by atoms with E-state index in [-0.39, 0.29) is 0 Å². The Morgan fingerprint density at radius 1 is 0.576 bits per heavy atom. The van der Waals surface area contributed by atoms with Crippen LogP contribution in [-0.2, 0) is 12.6 Å². The molecule has 0 unspecified atom stereocenters. The standard InChI is InChI=1S/C31H35NP/c1-3-32(4-2)25-24-28-18-14-15-23-31(28)33(29-19-10-6-11-20-29,30-21-12-7-13-22-30)26-27-16-8-5-9-17-27/h5-23H,3-4,24-26H2,1-2H3/q+1. The highest BCUT2D eigenvalue weighted by Gasteiger charge is 2.46. The molecule has 0 amide bonds. The zero-order valence-corrected chi connectivity index (χ0v) is 20.8. The molecule has 0 radical (unpaired) electrons. The second-order valence-electron chi connectivity index (χ2n) is 8.53. The van der Waals surface area contributed by atoms with Gasteiger partial charge < -0.3 is 4.90 Å². The van der Waals surface area contributed by atoms with Gasteiger partial charge in [0.15, 0.2) is 0 Å². The van der Waals surface area contributed by atoms with Crippen LogP contribution in [0.15, 0.2) is 115 Å². The molecule has 0 aliphatic carbocycles. The van der Waals surface area contributed by atoms with Crippen LogP contribution < -0.4 is 15.9 Å². The predicted octanol–water partition coefficient (Wildman–Crippen LogP) is 6.07. The Morgan fingerprint density at radius 3 is 1.61 bits per heavy atom. The first kappa shape index (κ1) is 23.4. The Balaban J connectivity index is 1.93. The van der Waals surface area contributed by atoms with Crippen molar-refractivity contribution in [2.24, 2.45) is 0 Å². The number of hydrogen-bond donors (Lipinski definition) is 0. The summed E-state index contributed by atoms with van der Waals surface area (Å²) < 4.78 is 0. The maximum atomic E-state index is 2.53. The van der Waals surface area contributed by atoms with E-state index < -0.39 is 7.26 Å². The van der Waals surface area contributed by atoms with Gasteiger partial charge in [-0.05, 0) is 61.0 Å². The van der Waals surface area contributed by atoms with E-state index in [1.54, 1.807) is 0 Å². The number of hydrogen-bond acceptors (Lipinski definition) is 1. The molecular weight excluding hydrogens is 417 g/mol. The van der Waals surface area contributed by atoms with Gasteiger partial charge in [0.25, 0.3) is 0 Å². The van der Waals surface area contributed by atoms with E-state index in [4.69, 9.17) is 0 Å². The number of likely N-dealkylation sites (N-methyl/N-ethyl adjacent to an activating group) is 1. The van der Waals surface area contributed by atoms with Crippen molar-refractivity contribution in [1.29, 1.82) is 0 Å². The molecule has 1 nitrogen and oxygen atoms in total. The van der Waals surface area contributed by atoms with Crippen molar-refractivity contribution in [2.75, 3.05) is 19.6 Å². The molecule has 0 aromatic heterocycles. The maximum Gasteiger partial charge on any atom is 0.116 e. The molecule has 0 spiro atoms. The van der Waals surface area contributed by atoms with Crippen LogP contribution in [0.5, 0.6) is 0 Å². The summed E-state index contributed by atoms with van der Waals surface area (Å²) in [5.74, 6) is 0. The normalized spacial score (nSPS) is 11.6. The van der Waals surface area contributed by atoms with Gasteiger partial charge in [0, 0.05) is 6.54 Å². The fourth-order valence-electron chi connectivity index (χ4n) is 4.83. The highest BCUT2D eigenvalue weighted by Crippen LogP contribution is 2.58. The van der Waals surface area contributed by atoms with Gasteiger partial charge in [-0.1, -0.05) is 98.8 Å². The average molecular weight is 453 g/mol. The molecule has 0 bridgehead atoms. The SMILES string of the molecule is CCN(CC)CCc1ccccc1[P+](Cc1ccccc1)(c1ccccc1)c1ccccc1. The van der Waals surface area contributed by atoms with E-state index in [2.05, 4.69) is 134 Å². The van der Waals surface area contributed by atoms with E-state index in [9.17, 15) is 0 Å². The second-order valence-corrected chi connectivity index (χ2v) is 12.0. The molecular formula is C31H35NP+. The molecule has 2 heteroatoms. The van der Waals surface area contributed by atoms with Crippen molar-refractivity contribution < 1.29 is 0 Å². The van der Waals surface area contributed by atoms with Crippen LogP contribution in [0.1, 0.15) is 25.0 Å². The Hall–Kier alpha value is -2.73. The minimum Gasteiger partial charge on any atom is -0.304 e. The smallest absolute Gasteiger partial charge is 0.116 e. The Bertz CT molecular complexity index is 1070. The van der Waals surface area contributed by atoms with Crippen molar-refractivity contribution in [3.63, 3.8) is 0 Å². The summed E-state index contributed by atoms with van der Waals surface area (Å²) in [6.45, 7) is 7.81. The average Bonchev–Trinajstić information content (AvgIpc) is 2.90. The fraction of sp³-hybridized carbons (Fsp3) is 0.226.